The van der Waals surface area contributed by atoms with Gasteiger partial charge in [0.2, 0.25) is 0 Å². The van der Waals surface area contributed by atoms with E-state index >= 15 is 0 Å². The third kappa shape index (κ3) is 3.58. The molecule has 0 aliphatic carbocycles. The molecule has 4 rings (SSSR count). The predicted molar refractivity (Wildman–Crippen MR) is 108 cm³/mol. The van der Waals surface area contributed by atoms with E-state index in [9.17, 15) is 4.79 Å². The van der Waals surface area contributed by atoms with Gasteiger partial charge in [0.1, 0.15) is 5.60 Å². The summed E-state index contributed by atoms with van der Waals surface area (Å²) < 4.78 is 8.53. The van der Waals surface area contributed by atoms with Crippen LogP contribution in [0.1, 0.15) is 20.8 Å². The molecule has 1 aliphatic heterocycles. The highest BCUT2D eigenvalue weighted by atomic mass is 79.9. The Labute approximate surface area is 166 Å². The zero-order chi connectivity index (χ0) is 19.2. The smallest absolute Gasteiger partial charge is 0.410 e. The molecule has 2 aromatic heterocycles. The van der Waals surface area contributed by atoms with Crippen molar-refractivity contribution >= 4 is 44.5 Å². The molecule has 27 heavy (non-hydrogen) atoms. The summed E-state index contributed by atoms with van der Waals surface area (Å²) >= 11 is 3.52. The highest BCUT2D eigenvalue weighted by molar-refractivity contribution is 9.10. The summed E-state index contributed by atoms with van der Waals surface area (Å²) in [5.41, 5.74) is 2.26. The zero-order valence-corrected chi connectivity index (χ0v) is 17.2. The second-order valence-electron chi connectivity index (χ2n) is 7.64. The van der Waals surface area contributed by atoms with Crippen molar-refractivity contribution in [1.29, 1.82) is 0 Å². The Morgan fingerprint density at radius 3 is 2.63 bits per heavy atom. The lowest BCUT2D eigenvalue weighted by atomic mass is 10.2. The number of aromatic nitrogens is 3. The number of rotatable bonds is 1. The number of ether oxygens (including phenoxy) is 1. The SMILES string of the molecule is CC(C)(C)OC(=O)N1CCN(c2nc3cc(Br)ccc3n3ccnc23)CC1. The van der Waals surface area contributed by atoms with E-state index in [2.05, 4.69) is 30.2 Å². The molecule has 142 valence electrons. The van der Waals surface area contributed by atoms with Gasteiger partial charge in [-0.1, -0.05) is 15.9 Å². The molecule has 1 amide bonds. The topological polar surface area (TPSA) is 63.0 Å². The van der Waals surface area contributed by atoms with E-state index in [1.165, 1.54) is 0 Å². The lowest BCUT2D eigenvalue weighted by molar-refractivity contribution is 0.0240. The van der Waals surface area contributed by atoms with Gasteiger partial charge >= 0.3 is 6.09 Å². The minimum Gasteiger partial charge on any atom is -0.444 e. The molecule has 0 unspecified atom stereocenters. The molecule has 3 heterocycles. The first-order valence-electron chi connectivity index (χ1n) is 8.97. The highest BCUT2D eigenvalue weighted by Crippen LogP contribution is 2.26. The van der Waals surface area contributed by atoms with Crippen molar-refractivity contribution in [1.82, 2.24) is 19.3 Å². The molecule has 0 spiro atoms. The van der Waals surface area contributed by atoms with Crippen molar-refractivity contribution in [2.24, 2.45) is 0 Å². The number of nitrogens with zero attached hydrogens (tertiary/aromatic N) is 5. The fraction of sp³-hybridized carbons (Fsp3) is 0.421. The van der Waals surface area contributed by atoms with Gasteiger partial charge in [-0.05, 0) is 39.0 Å². The van der Waals surface area contributed by atoms with Gasteiger partial charge in [0.25, 0.3) is 0 Å². The Balaban J connectivity index is 1.60. The minimum atomic E-state index is -0.483. The average molecular weight is 432 g/mol. The van der Waals surface area contributed by atoms with Gasteiger partial charge in [0.15, 0.2) is 11.5 Å². The number of hydrogen-bond donors (Lipinski definition) is 0. The molecule has 7 nitrogen and oxygen atoms in total. The second-order valence-corrected chi connectivity index (χ2v) is 8.56. The number of anilines is 1. The maximum absolute atomic E-state index is 12.3. The minimum absolute atomic E-state index is 0.261. The number of carbonyl (C=O) groups is 1. The largest absolute Gasteiger partial charge is 0.444 e. The van der Waals surface area contributed by atoms with Crippen molar-refractivity contribution in [3.05, 3.63) is 35.1 Å². The van der Waals surface area contributed by atoms with Gasteiger partial charge in [-0.25, -0.2) is 14.8 Å². The Bertz CT molecular complexity index is 1000. The number of hydrogen-bond acceptors (Lipinski definition) is 5. The third-order valence-electron chi connectivity index (χ3n) is 4.49. The number of fused-ring (bicyclic) bond motifs is 3. The van der Waals surface area contributed by atoms with Crippen LogP contribution in [0.25, 0.3) is 16.7 Å². The van der Waals surface area contributed by atoms with E-state index in [-0.39, 0.29) is 6.09 Å². The van der Waals surface area contributed by atoms with Crippen molar-refractivity contribution in [2.75, 3.05) is 31.1 Å². The molecule has 0 radical (unpaired) electrons. The predicted octanol–water partition coefficient (Wildman–Crippen LogP) is 3.70. The summed E-state index contributed by atoms with van der Waals surface area (Å²) in [6.45, 7) is 8.22. The molecule has 0 bridgehead atoms. The molecule has 3 aromatic rings. The van der Waals surface area contributed by atoms with Gasteiger partial charge in [-0.3, -0.25) is 4.40 Å². The first-order chi connectivity index (χ1) is 12.8. The Morgan fingerprint density at radius 2 is 1.93 bits per heavy atom. The van der Waals surface area contributed by atoms with E-state index < -0.39 is 5.60 Å². The number of amides is 1. The van der Waals surface area contributed by atoms with Gasteiger partial charge < -0.3 is 14.5 Å². The number of halogens is 1. The van der Waals surface area contributed by atoms with E-state index in [0.29, 0.717) is 26.2 Å². The van der Waals surface area contributed by atoms with Gasteiger partial charge in [0, 0.05) is 43.0 Å². The van der Waals surface area contributed by atoms with Crippen molar-refractivity contribution in [2.45, 2.75) is 26.4 Å². The third-order valence-corrected chi connectivity index (χ3v) is 4.99. The van der Waals surface area contributed by atoms with E-state index in [4.69, 9.17) is 9.72 Å². The second kappa shape index (κ2) is 6.67. The van der Waals surface area contributed by atoms with Crippen LogP contribution < -0.4 is 4.90 Å². The van der Waals surface area contributed by atoms with Crippen LogP contribution in [0.15, 0.2) is 35.1 Å². The molecular formula is C19H22BrN5O2. The monoisotopic (exact) mass is 431 g/mol. The first kappa shape index (κ1) is 18.0. The van der Waals surface area contributed by atoms with Crippen LogP contribution in [0.4, 0.5) is 10.6 Å². The normalized spacial score (nSPS) is 15.6. The van der Waals surface area contributed by atoms with E-state index in [1.807, 2.05) is 45.2 Å². The first-order valence-corrected chi connectivity index (χ1v) is 9.76. The van der Waals surface area contributed by atoms with Crippen LogP contribution in [0.2, 0.25) is 0 Å². The maximum Gasteiger partial charge on any atom is 0.410 e. The quantitative estimate of drug-likeness (QED) is 0.587. The molecule has 1 aromatic carbocycles. The lowest BCUT2D eigenvalue weighted by Crippen LogP contribution is -2.50. The summed E-state index contributed by atoms with van der Waals surface area (Å²) in [6, 6.07) is 6.04. The van der Waals surface area contributed by atoms with Crippen LogP contribution in [0.5, 0.6) is 0 Å². The summed E-state index contributed by atoms with van der Waals surface area (Å²) in [4.78, 5) is 25.6. The molecule has 1 saturated heterocycles. The molecule has 0 N–H and O–H groups in total. The molecule has 0 saturated carbocycles. The number of imidazole rings is 1. The summed E-state index contributed by atoms with van der Waals surface area (Å²) in [5.74, 6) is 0.842. The van der Waals surface area contributed by atoms with Gasteiger partial charge in [0.05, 0.1) is 11.0 Å². The Kier molecular flexibility index (Phi) is 4.46. The van der Waals surface area contributed by atoms with Crippen molar-refractivity contribution < 1.29 is 9.53 Å². The number of piperazine rings is 1. The molecular weight excluding hydrogens is 410 g/mol. The number of carbonyl (C=O) groups excluding carboxylic acids is 1. The van der Waals surface area contributed by atoms with Crippen LogP contribution in [0.3, 0.4) is 0 Å². The fourth-order valence-electron chi connectivity index (χ4n) is 3.26. The molecule has 8 heteroatoms. The molecule has 0 atom stereocenters. The van der Waals surface area contributed by atoms with Crippen LogP contribution in [0, 0.1) is 0 Å². The fourth-order valence-corrected chi connectivity index (χ4v) is 3.61. The Morgan fingerprint density at radius 1 is 1.19 bits per heavy atom. The maximum atomic E-state index is 12.3. The van der Waals surface area contributed by atoms with Gasteiger partial charge in [-0.15, -0.1) is 0 Å². The van der Waals surface area contributed by atoms with E-state index in [0.717, 1.165) is 27.0 Å². The van der Waals surface area contributed by atoms with Gasteiger partial charge in [-0.2, -0.15) is 0 Å². The molecule has 1 fully saturated rings. The van der Waals surface area contributed by atoms with Crippen molar-refractivity contribution in [3.63, 3.8) is 0 Å². The highest BCUT2D eigenvalue weighted by Gasteiger charge is 2.27. The molecule has 1 aliphatic rings. The summed E-state index contributed by atoms with van der Waals surface area (Å²) in [6.07, 6.45) is 3.48. The number of benzene rings is 1. The standard InChI is InChI=1S/C19H22BrN5O2/c1-19(2,3)27-18(26)24-10-8-23(9-11-24)17-16-21-6-7-25(16)15-5-4-13(20)12-14(15)22-17/h4-7,12H,8-11H2,1-3H3. The summed E-state index contributed by atoms with van der Waals surface area (Å²) in [7, 11) is 0. The van der Waals surface area contributed by atoms with E-state index in [1.54, 1.807) is 11.1 Å². The zero-order valence-electron chi connectivity index (χ0n) is 15.6. The lowest BCUT2D eigenvalue weighted by Gasteiger charge is -2.36. The summed E-state index contributed by atoms with van der Waals surface area (Å²) in [5, 5.41) is 0. The Hall–Kier alpha value is -2.35. The average Bonchev–Trinajstić information content (AvgIpc) is 3.09. The van der Waals surface area contributed by atoms with Crippen LogP contribution in [-0.4, -0.2) is 57.1 Å². The van der Waals surface area contributed by atoms with Crippen molar-refractivity contribution in [3.8, 4) is 0 Å². The van der Waals surface area contributed by atoms with Crippen LogP contribution >= 0.6 is 15.9 Å². The van der Waals surface area contributed by atoms with Crippen LogP contribution in [-0.2, 0) is 4.74 Å².